The lowest BCUT2D eigenvalue weighted by molar-refractivity contribution is -0.143. The Morgan fingerprint density at radius 3 is 2.09 bits per heavy atom. The molecule has 0 spiro atoms. The molecular formula is C36H37ClF3N3O4. The van der Waals surface area contributed by atoms with Gasteiger partial charge < -0.3 is 20.3 Å². The fourth-order valence-corrected chi connectivity index (χ4v) is 4.91. The summed E-state index contributed by atoms with van der Waals surface area (Å²) in [6.07, 6.45) is -4.58. The Balaban J connectivity index is 0.00000600. The van der Waals surface area contributed by atoms with E-state index in [0.29, 0.717) is 16.7 Å². The third-order valence-electron chi connectivity index (χ3n) is 7.16. The number of anilines is 1. The molecule has 0 radical (unpaired) electrons. The summed E-state index contributed by atoms with van der Waals surface area (Å²) >= 11 is 0. The SMILES string of the molecule is CC(C)NC(COC(=O)Cc1ccc(NC(=O)c2ccccc2-c2ccc(C(F)(F)F)cc2)c(C(=O)N(C)C)c1)c1ccccc1.Cl. The molecule has 0 aliphatic heterocycles. The zero-order valence-electron chi connectivity index (χ0n) is 26.4. The predicted octanol–water partition coefficient (Wildman–Crippen LogP) is 7.57. The number of hydrogen-bond donors (Lipinski definition) is 2. The lowest BCUT2D eigenvalue weighted by atomic mass is 9.97. The van der Waals surface area contributed by atoms with Crippen LogP contribution in [0.4, 0.5) is 18.9 Å². The van der Waals surface area contributed by atoms with Crippen LogP contribution in [-0.4, -0.2) is 49.4 Å². The van der Waals surface area contributed by atoms with Gasteiger partial charge in [-0.15, -0.1) is 12.4 Å². The normalized spacial score (nSPS) is 11.7. The van der Waals surface area contributed by atoms with Crippen LogP contribution in [0.1, 0.15) is 57.3 Å². The first kappa shape index (κ1) is 36.8. The van der Waals surface area contributed by atoms with Gasteiger partial charge in [0.15, 0.2) is 0 Å². The highest BCUT2D eigenvalue weighted by Crippen LogP contribution is 2.32. The van der Waals surface area contributed by atoms with Gasteiger partial charge in [-0.1, -0.05) is 80.6 Å². The van der Waals surface area contributed by atoms with E-state index in [0.717, 1.165) is 17.7 Å². The number of alkyl halides is 3. The standard InChI is InChI=1S/C36H36F3N3O4.ClH/c1-23(2)40-32(26-10-6-5-7-11-26)22-46-33(43)21-24-14-19-31(30(20-24)35(45)42(3)4)41-34(44)29-13-9-8-12-28(29)25-15-17-27(18-16-25)36(37,38)39;/h5-20,23,32,40H,21-22H2,1-4H3,(H,41,44);1H. The third kappa shape index (κ3) is 9.91. The number of rotatable bonds is 11. The maximum atomic E-state index is 13.5. The van der Waals surface area contributed by atoms with E-state index >= 15 is 0 Å². The van der Waals surface area contributed by atoms with Crippen molar-refractivity contribution in [2.24, 2.45) is 0 Å². The number of nitrogens with zero attached hydrogens (tertiary/aromatic N) is 1. The van der Waals surface area contributed by atoms with Crippen molar-refractivity contribution in [1.82, 2.24) is 10.2 Å². The molecule has 7 nitrogen and oxygen atoms in total. The molecule has 0 aromatic heterocycles. The highest BCUT2D eigenvalue weighted by atomic mass is 35.5. The zero-order valence-corrected chi connectivity index (χ0v) is 27.2. The third-order valence-corrected chi connectivity index (χ3v) is 7.16. The fraction of sp³-hybridized carbons (Fsp3) is 0.250. The van der Waals surface area contributed by atoms with Crippen molar-refractivity contribution >= 4 is 35.9 Å². The number of carbonyl (C=O) groups is 3. The lowest BCUT2D eigenvalue weighted by Crippen LogP contribution is -2.32. The van der Waals surface area contributed by atoms with E-state index in [9.17, 15) is 27.6 Å². The largest absolute Gasteiger partial charge is 0.463 e. The topological polar surface area (TPSA) is 87.7 Å². The summed E-state index contributed by atoms with van der Waals surface area (Å²) in [4.78, 5) is 40.9. The number of esters is 1. The molecule has 0 aliphatic rings. The second-order valence-electron chi connectivity index (χ2n) is 11.3. The monoisotopic (exact) mass is 667 g/mol. The van der Waals surface area contributed by atoms with Gasteiger partial charge in [0.1, 0.15) is 6.61 Å². The summed E-state index contributed by atoms with van der Waals surface area (Å²) in [6.45, 7) is 4.14. The van der Waals surface area contributed by atoms with Gasteiger partial charge in [0.25, 0.3) is 11.8 Å². The minimum Gasteiger partial charge on any atom is -0.463 e. The summed E-state index contributed by atoms with van der Waals surface area (Å²) in [6, 6.07) is 25.4. The summed E-state index contributed by atoms with van der Waals surface area (Å²) in [5, 5.41) is 6.18. The summed E-state index contributed by atoms with van der Waals surface area (Å²) < 4.78 is 44.9. The number of amides is 2. The number of halogens is 4. The molecule has 2 N–H and O–H groups in total. The molecule has 4 aromatic rings. The maximum Gasteiger partial charge on any atom is 0.416 e. The molecule has 248 valence electrons. The van der Waals surface area contributed by atoms with Crippen molar-refractivity contribution in [1.29, 1.82) is 0 Å². The van der Waals surface area contributed by atoms with Gasteiger partial charge in [-0.05, 0) is 52.6 Å². The van der Waals surface area contributed by atoms with Gasteiger partial charge in [-0.25, -0.2) is 0 Å². The minimum atomic E-state index is -4.48. The lowest BCUT2D eigenvalue weighted by Gasteiger charge is -2.21. The van der Waals surface area contributed by atoms with Crippen LogP contribution in [0.3, 0.4) is 0 Å². The van der Waals surface area contributed by atoms with Crippen molar-refractivity contribution in [2.45, 2.75) is 38.5 Å². The molecule has 4 rings (SSSR count). The van der Waals surface area contributed by atoms with Crippen LogP contribution in [0.15, 0.2) is 97.1 Å². The second kappa shape index (κ2) is 16.2. The van der Waals surface area contributed by atoms with E-state index in [1.54, 1.807) is 56.6 Å². The molecule has 2 amide bonds. The molecule has 11 heteroatoms. The molecular weight excluding hydrogens is 631 g/mol. The molecule has 0 fully saturated rings. The van der Waals surface area contributed by atoms with Crippen LogP contribution in [0, 0.1) is 0 Å². The number of carbonyl (C=O) groups excluding carboxylic acids is 3. The van der Waals surface area contributed by atoms with Crippen molar-refractivity contribution in [2.75, 3.05) is 26.0 Å². The van der Waals surface area contributed by atoms with Crippen molar-refractivity contribution in [3.63, 3.8) is 0 Å². The molecule has 0 saturated carbocycles. The molecule has 0 heterocycles. The van der Waals surface area contributed by atoms with Crippen molar-refractivity contribution < 1.29 is 32.3 Å². The Morgan fingerprint density at radius 1 is 0.830 bits per heavy atom. The Labute approximate surface area is 278 Å². The maximum absolute atomic E-state index is 13.5. The first-order valence-electron chi connectivity index (χ1n) is 14.7. The number of hydrogen-bond acceptors (Lipinski definition) is 5. The van der Waals surface area contributed by atoms with E-state index in [-0.39, 0.29) is 54.3 Å². The van der Waals surface area contributed by atoms with Crippen LogP contribution in [0.25, 0.3) is 11.1 Å². The van der Waals surface area contributed by atoms with E-state index in [1.165, 1.54) is 17.0 Å². The summed E-state index contributed by atoms with van der Waals surface area (Å²) in [5.41, 5.74) is 2.16. The van der Waals surface area contributed by atoms with E-state index in [2.05, 4.69) is 10.6 Å². The highest BCUT2D eigenvalue weighted by Gasteiger charge is 2.30. The van der Waals surface area contributed by atoms with Crippen LogP contribution < -0.4 is 10.6 Å². The van der Waals surface area contributed by atoms with Crippen molar-refractivity contribution in [3.05, 3.63) is 125 Å². The van der Waals surface area contributed by atoms with Gasteiger partial charge in [0.2, 0.25) is 0 Å². The van der Waals surface area contributed by atoms with Gasteiger partial charge in [0.05, 0.1) is 29.3 Å². The Hall–Kier alpha value is -4.67. The first-order valence-corrected chi connectivity index (χ1v) is 14.7. The van der Waals surface area contributed by atoms with Crippen molar-refractivity contribution in [3.8, 4) is 11.1 Å². The fourth-order valence-electron chi connectivity index (χ4n) is 4.91. The predicted molar refractivity (Wildman–Crippen MR) is 179 cm³/mol. The Kier molecular flexibility index (Phi) is 12.7. The Morgan fingerprint density at radius 2 is 1.47 bits per heavy atom. The average molecular weight is 668 g/mol. The zero-order chi connectivity index (χ0) is 33.4. The Bertz CT molecular complexity index is 1680. The molecule has 1 unspecified atom stereocenters. The number of ether oxygens (including phenoxy) is 1. The average Bonchev–Trinajstić information content (AvgIpc) is 3.03. The smallest absolute Gasteiger partial charge is 0.416 e. The quantitative estimate of drug-likeness (QED) is 0.161. The molecule has 1 atom stereocenters. The molecule has 0 saturated heterocycles. The van der Waals surface area contributed by atoms with Crippen LogP contribution in [-0.2, 0) is 22.1 Å². The van der Waals surface area contributed by atoms with Gasteiger partial charge in [-0.3, -0.25) is 14.4 Å². The van der Waals surface area contributed by atoms with Crippen LogP contribution in [0.2, 0.25) is 0 Å². The van der Waals surface area contributed by atoms with Crippen LogP contribution >= 0.6 is 12.4 Å². The minimum absolute atomic E-state index is 0. The highest BCUT2D eigenvalue weighted by molar-refractivity contribution is 6.11. The molecule has 47 heavy (non-hydrogen) atoms. The summed E-state index contributed by atoms with van der Waals surface area (Å²) in [7, 11) is 3.14. The number of benzene rings is 4. The number of nitrogens with one attached hydrogen (secondary N) is 2. The van der Waals surface area contributed by atoms with Gasteiger partial charge in [-0.2, -0.15) is 13.2 Å². The van der Waals surface area contributed by atoms with E-state index in [4.69, 9.17) is 4.74 Å². The first-order chi connectivity index (χ1) is 21.8. The summed E-state index contributed by atoms with van der Waals surface area (Å²) in [5.74, 6) is -1.43. The molecule has 4 aromatic carbocycles. The van der Waals surface area contributed by atoms with Crippen LogP contribution in [0.5, 0.6) is 0 Å². The molecule has 0 bridgehead atoms. The van der Waals surface area contributed by atoms with E-state index in [1.807, 2.05) is 44.2 Å². The molecule has 0 aliphatic carbocycles. The van der Waals surface area contributed by atoms with Gasteiger partial charge in [0, 0.05) is 25.7 Å². The van der Waals surface area contributed by atoms with Gasteiger partial charge >= 0.3 is 12.1 Å². The second-order valence-corrected chi connectivity index (χ2v) is 11.3. The van der Waals surface area contributed by atoms with E-state index < -0.39 is 29.5 Å².